The third-order valence-electron chi connectivity index (χ3n) is 3.49. The number of methoxy groups -OCH3 is 1. The molecule has 0 aliphatic rings. The monoisotopic (exact) mass is 389 g/mol. The van der Waals surface area contributed by atoms with Crippen molar-refractivity contribution in [2.75, 3.05) is 18.2 Å². The van der Waals surface area contributed by atoms with Crippen molar-refractivity contribution in [3.63, 3.8) is 0 Å². The number of nitrogens with zero attached hydrogens (tertiary/aromatic N) is 2. The van der Waals surface area contributed by atoms with E-state index in [4.69, 9.17) is 9.26 Å². The lowest BCUT2D eigenvalue weighted by Gasteiger charge is -2.02. The number of anilines is 1. The van der Waals surface area contributed by atoms with Gasteiger partial charge in [0.15, 0.2) is 5.82 Å². The Labute approximate surface area is 160 Å². The maximum atomic E-state index is 11.9. The van der Waals surface area contributed by atoms with Gasteiger partial charge in [0.1, 0.15) is 16.5 Å². The van der Waals surface area contributed by atoms with Crippen LogP contribution in [-0.4, -0.2) is 28.9 Å². The van der Waals surface area contributed by atoms with Gasteiger partial charge in [0, 0.05) is 34.9 Å². The predicted molar refractivity (Wildman–Crippen MR) is 105 cm³/mol. The average molecular weight is 390 g/mol. The molecule has 136 valence electrons. The van der Waals surface area contributed by atoms with Gasteiger partial charge in [-0.25, -0.2) is 4.98 Å². The summed E-state index contributed by atoms with van der Waals surface area (Å²) in [6.07, 6.45) is 0.420. The van der Waals surface area contributed by atoms with Crippen LogP contribution in [0, 0.1) is 6.92 Å². The molecule has 2 heterocycles. The molecule has 26 heavy (non-hydrogen) atoms. The Balaban J connectivity index is 1.44. The smallest absolute Gasteiger partial charge is 0.226 e. The maximum absolute atomic E-state index is 11.9. The third kappa shape index (κ3) is 5.09. The van der Waals surface area contributed by atoms with Crippen molar-refractivity contribution in [1.29, 1.82) is 0 Å². The van der Waals surface area contributed by atoms with Crippen LogP contribution in [0.1, 0.15) is 17.9 Å². The number of benzene rings is 1. The van der Waals surface area contributed by atoms with E-state index in [2.05, 4.69) is 20.8 Å². The quantitative estimate of drug-likeness (QED) is 0.576. The second kappa shape index (κ2) is 8.86. The molecule has 0 unspecified atom stereocenters. The van der Waals surface area contributed by atoms with E-state index in [0.29, 0.717) is 23.8 Å². The SMILES string of the molecule is COc1cccc(-c2nc(CSCCC(=O)Nc3cc(C)on3)cs2)c1. The minimum atomic E-state index is -0.0684. The summed E-state index contributed by atoms with van der Waals surface area (Å²) >= 11 is 3.29. The number of aryl methyl sites for hydroxylation is 1. The molecule has 0 radical (unpaired) electrons. The summed E-state index contributed by atoms with van der Waals surface area (Å²) in [5, 5.41) is 9.49. The number of hydrogen-bond donors (Lipinski definition) is 1. The van der Waals surface area contributed by atoms with Crippen LogP contribution in [0.5, 0.6) is 5.75 Å². The van der Waals surface area contributed by atoms with E-state index in [1.54, 1.807) is 43.2 Å². The van der Waals surface area contributed by atoms with Gasteiger partial charge in [-0.2, -0.15) is 11.8 Å². The van der Waals surface area contributed by atoms with E-state index in [1.165, 1.54) is 0 Å². The molecule has 0 fully saturated rings. The number of carbonyl (C=O) groups excluding carboxylic acids is 1. The zero-order valence-corrected chi connectivity index (χ0v) is 16.2. The van der Waals surface area contributed by atoms with Crippen LogP contribution in [-0.2, 0) is 10.5 Å². The lowest BCUT2D eigenvalue weighted by atomic mass is 10.2. The second-order valence-electron chi connectivity index (χ2n) is 5.55. The maximum Gasteiger partial charge on any atom is 0.226 e. The van der Waals surface area contributed by atoms with Crippen molar-refractivity contribution in [2.45, 2.75) is 19.1 Å². The summed E-state index contributed by atoms with van der Waals surface area (Å²) in [5.41, 5.74) is 2.07. The van der Waals surface area contributed by atoms with E-state index in [0.717, 1.165) is 27.8 Å². The molecule has 0 saturated heterocycles. The molecule has 2 aromatic heterocycles. The fourth-order valence-corrected chi connectivity index (χ4v) is 3.99. The molecule has 6 nitrogen and oxygen atoms in total. The Morgan fingerprint density at radius 3 is 3.04 bits per heavy atom. The van der Waals surface area contributed by atoms with Gasteiger partial charge in [-0.3, -0.25) is 4.79 Å². The number of amides is 1. The van der Waals surface area contributed by atoms with Crippen LogP contribution < -0.4 is 10.1 Å². The van der Waals surface area contributed by atoms with Crippen molar-refractivity contribution in [3.8, 4) is 16.3 Å². The largest absolute Gasteiger partial charge is 0.497 e. The molecule has 0 saturated carbocycles. The number of hydrogen-bond acceptors (Lipinski definition) is 7. The first kappa shape index (κ1) is 18.5. The van der Waals surface area contributed by atoms with E-state index >= 15 is 0 Å². The van der Waals surface area contributed by atoms with Gasteiger partial charge in [0.05, 0.1) is 12.8 Å². The van der Waals surface area contributed by atoms with Crippen molar-refractivity contribution >= 4 is 34.8 Å². The highest BCUT2D eigenvalue weighted by molar-refractivity contribution is 7.98. The van der Waals surface area contributed by atoms with E-state index < -0.39 is 0 Å². The van der Waals surface area contributed by atoms with E-state index in [9.17, 15) is 4.79 Å². The van der Waals surface area contributed by atoms with E-state index in [-0.39, 0.29) is 5.91 Å². The van der Waals surface area contributed by atoms with Gasteiger partial charge in [0.2, 0.25) is 5.91 Å². The molecule has 0 spiro atoms. The van der Waals surface area contributed by atoms with Gasteiger partial charge in [-0.05, 0) is 19.1 Å². The highest BCUT2D eigenvalue weighted by Gasteiger charge is 2.08. The van der Waals surface area contributed by atoms with Crippen molar-refractivity contribution in [1.82, 2.24) is 10.1 Å². The average Bonchev–Trinajstić information content (AvgIpc) is 3.28. The normalized spacial score (nSPS) is 10.7. The molecular formula is C18H19N3O3S2. The van der Waals surface area contributed by atoms with Gasteiger partial charge in [-0.15, -0.1) is 11.3 Å². The summed E-state index contributed by atoms with van der Waals surface area (Å²) in [6, 6.07) is 9.57. The Morgan fingerprint density at radius 1 is 1.38 bits per heavy atom. The molecule has 0 bridgehead atoms. The Bertz CT molecular complexity index is 876. The Morgan fingerprint density at radius 2 is 2.27 bits per heavy atom. The van der Waals surface area contributed by atoms with Gasteiger partial charge >= 0.3 is 0 Å². The minimum Gasteiger partial charge on any atom is -0.497 e. The molecule has 3 rings (SSSR count). The van der Waals surface area contributed by atoms with Gasteiger partial charge in [0.25, 0.3) is 0 Å². The van der Waals surface area contributed by atoms with Crippen LogP contribution in [0.4, 0.5) is 5.82 Å². The van der Waals surface area contributed by atoms with Gasteiger partial charge in [-0.1, -0.05) is 17.3 Å². The zero-order valence-electron chi connectivity index (χ0n) is 14.5. The number of nitrogens with one attached hydrogen (secondary N) is 1. The molecule has 0 atom stereocenters. The van der Waals surface area contributed by atoms with Crippen LogP contribution in [0.15, 0.2) is 40.2 Å². The molecule has 1 N–H and O–H groups in total. The standard InChI is InChI=1S/C18H19N3O3S2/c1-12-8-16(21-24-12)20-17(22)6-7-25-10-14-11-26-18(19-14)13-4-3-5-15(9-13)23-2/h3-5,8-9,11H,6-7,10H2,1-2H3,(H,20,21,22). The Hall–Kier alpha value is -2.32. The zero-order chi connectivity index (χ0) is 18.4. The summed E-state index contributed by atoms with van der Waals surface area (Å²) in [7, 11) is 1.66. The number of carbonyl (C=O) groups is 1. The molecular weight excluding hydrogens is 370 g/mol. The van der Waals surface area contributed by atoms with Crippen LogP contribution in [0.25, 0.3) is 10.6 Å². The number of thioether (sulfide) groups is 1. The molecule has 1 aromatic carbocycles. The molecule has 1 amide bonds. The van der Waals surface area contributed by atoms with Crippen molar-refractivity contribution < 1.29 is 14.1 Å². The third-order valence-corrected chi connectivity index (χ3v) is 5.42. The number of aromatic nitrogens is 2. The molecule has 3 aromatic rings. The first-order chi connectivity index (χ1) is 12.6. The van der Waals surface area contributed by atoms with Crippen LogP contribution in [0.3, 0.4) is 0 Å². The molecule has 0 aliphatic carbocycles. The minimum absolute atomic E-state index is 0.0684. The van der Waals surface area contributed by atoms with Crippen LogP contribution >= 0.6 is 23.1 Å². The summed E-state index contributed by atoms with van der Waals surface area (Å²) in [4.78, 5) is 16.5. The highest BCUT2D eigenvalue weighted by Crippen LogP contribution is 2.28. The van der Waals surface area contributed by atoms with Crippen molar-refractivity contribution in [3.05, 3.63) is 47.2 Å². The first-order valence-corrected chi connectivity index (χ1v) is 10.1. The number of ether oxygens (including phenoxy) is 1. The fraction of sp³-hybridized carbons (Fsp3) is 0.278. The first-order valence-electron chi connectivity index (χ1n) is 8.04. The molecule has 0 aliphatic heterocycles. The van der Waals surface area contributed by atoms with Gasteiger partial charge < -0.3 is 14.6 Å². The topological polar surface area (TPSA) is 77.2 Å². The Kier molecular flexibility index (Phi) is 6.30. The van der Waals surface area contributed by atoms with Crippen LogP contribution in [0.2, 0.25) is 0 Å². The lowest BCUT2D eigenvalue weighted by Crippen LogP contribution is -2.12. The second-order valence-corrected chi connectivity index (χ2v) is 7.51. The summed E-state index contributed by atoms with van der Waals surface area (Å²) in [5.74, 6) is 3.37. The van der Waals surface area contributed by atoms with E-state index in [1.807, 2.05) is 24.3 Å². The van der Waals surface area contributed by atoms with Crippen molar-refractivity contribution in [2.24, 2.45) is 0 Å². The highest BCUT2D eigenvalue weighted by atomic mass is 32.2. The number of rotatable bonds is 8. The predicted octanol–water partition coefficient (Wildman–Crippen LogP) is 4.38. The number of thiazole rings is 1. The fourth-order valence-electron chi connectivity index (χ4n) is 2.23. The molecule has 8 heteroatoms. The lowest BCUT2D eigenvalue weighted by molar-refractivity contribution is -0.115. The summed E-state index contributed by atoms with van der Waals surface area (Å²) < 4.78 is 10.2. The summed E-state index contributed by atoms with van der Waals surface area (Å²) in [6.45, 7) is 1.78.